The maximum absolute atomic E-state index is 13.2. The van der Waals surface area contributed by atoms with E-state index in [1.165, 1.54) is 72.8 Å². The number of benzene rings is 4. The molecule has 2 unspecified atom stereocenters. The first-order valence-electron chi connectivity index (χ1n) is 15.8. The van der Waals surface area contributed by atoms with Gasteiger partial charge in [0.25, 0.3) is 17.3 Å². The number of thiocarbonyl (C=S) groups is 1. The summed E-state index contributed by atoms with van der Waals surface area (Å²) in [6, 6.07) is 17.2. The molecule has 0 heterocycles. The van der Waals surface area contributed by atoms with Crippen LogP contribution in [0, 0.1) is 20.2 Å². The van der Waals surface area contributed by atoms with Crippen molar-refractivity contribution in [1.29, 1.82) is 0 Å². The Morgan fingerprint density at radius 1 is 0.621 bits per heavy atom. The number of non-ortho nitro benzene ring substituents is 2. The van der Waals surface area contributed by atoms with Gasteiger partial charge in [0.1, 0.15) is 17.1 Å². The van der Waals surface area contributed by atoms with Crippen LogP contribution < -0.4 is 10.6 Å². The lowest BCUT2D eigenvalue weighted by Gasteiger charge is -2.20. The molecule has 0 aliphatic heterocycles. The molecule has 0 radical (unpaired) electrons. The average Bonchev–Trinajstić information content (AvgIpc) is 3.16. The molecule has 2 N–H and O–H groups in total. The first kappa shape index (κ1) is 49.6. The minimum Gasteiger partial charge on any atom is -0.467 e. The van der Waals surface area contributed by atoms with Crippen molar-refractivity contribution in [3.8, 4) is 0 Å². The van der Waals surface area contributed by atoms with Crippen molar-refractivity contribution < 1.29 is 60.0 Å². The van der Waals surface area contributed by atoms with Gasteiger partial charge in [-0.3, -0.25) is 25.0 Å². The number of esters is 2. The summed E-state index contributed by atoms with van der Waals surface area (Å²) in [5, 5.41) is 26.2. The highest BCUT2D eigenvalue weighted by molar-refractivity contribution is 7.80. The van der Waals surface area contributed by atoms with Crippen LogP contribution in [0.25, 0.3) is 0 Å². The first-order chi connectivity index (χ1) is 26.3. The molecular formula is C38H38F6N4O9S. The van der Waals surface area contributed by atoms with Crippen molar-refractivity contribution in [3.63, 3.8) is 0 Å². The number of methoxy groups -OCH3 is 2. The number of carbonyl (C=O) groups excluding carboxylic acids is 3. The molecule has 0 aromatic heterocycles. The SMILES string of the molecule is C.C.COC(=O)C(Cc1ccc([N+](=O)[O-])cc1)NC(=O)c1ccccc1C(F)(F)F.COC(=O)C(Cc1ccc([N+](=O)[O-])cc1)NC(=S)c1ccccc1C(F)(F)F. The van der Waals surface area contributed by atoms with E-state index < -0.39 is 68.8 Å². The van der Waals surface area contributed by atoms with Crippen LogP contribution in [0.2, 0.25) is 0 Å². The van der Waals surface area contributed by atoms with Gasteiger partial charge in [-0.05, 0) is 29.3 Å². The van der Waals surface area contributed by atoms with E-state index in [0.717, 1.165) is 38.5 Å². The van der Waals surface area contributed by atoms with Crippen LogP contribution in [0.5, 0.6) is 0 Å². The highest BCUT2D eigenvalue weighted by atomic mass is 32.1. The third-order valence-corrected chi connectivity index (χ3v) is 8.05. The minimum absolute atomic E-state index is 0. The zero-order chi connectivity index (χ0) is 41.8. The first-order valence-corrected chi connectivity index (χ1v) is 16.2. The molecule has 0 aliphatic carbocycles. The second-order valence-electron chi connectivity index (χ2n) is 11.4. The molecule has 0 spiro atoms. The minimum atomic E-state index is -4.74. The van der Waals surface area contributed by atoms with Crippen molar-refractivity contribution in [2.75, 3.05) is 14.2 Å². The average molecular weight is 841 g/mol. The highest BCUT2D eigenvalue weighted by Crippen LogP contribution is 2.33. The highest BCUT2D eigenvalue weighted by Gasteiger charge is 2.36. The molecule has 4 aromatic rings. The Bertz CT molecular complexity index is 1920. The van der Waals surface area contributed by atoms with Gasteiger partial charge in [0.15, 0.2) is 0 Å². The summed E-state index contributed by atoms with van der Waals surface area (Å²) >= 11 is 5.08. The van der Waals surface area contributed by atoms with E-state index >= 15 is 0 Å². The fraction of sp³-hybridized carbons (Fsp3) is 0.263. The number of amides is 1. The maximum atomic E-state index is 13.2. The summed E-state index contributed by atoms with van der Waals surface area (Å²) < 4.78 is 88.1. The van der Waals surface area contributed by atoms with Crippen LogP contribution in [0.4, 0.5) is 37.7 Å². The molecule has 4 rings (SSSR count). The van der Waals surface area contributed by atoms with Crippen LogP contribution in [0.1, 0.15) is 53.0 Å². The Balaban J connectivity index is 0.000000561. The van der Waals surface area contributed by atoms with Crippen LogP contribution in [-0.4, -0.2) is 59.0 Å². The Hall–Kier alpha value is -6.44. The molecule has 20 heteroatoms. The Morgan fingerprint density at radius 2 is 0.966 bits per heavy atom. The Kier molecular flexibility index (Phi) is 18.6. The molecule has 0 saturated heterocycles. The van der Waals surface area contributed by atoms with Gasteiger partial charge in [0.05, 0.1) is 40.8 Å². The third-order valence-electron chi connectivity index (χ3n) is 7.71. The predicted octanol–water partition coefficient (Wildman–Crippen LogP) is 8.06. The van der Waals surface area contributed by atoms with E-state index in [0.29, 0.717) is 11.1 Å². The molecule has 312 valence electrons. The second-order valence-corrected chi connectivity index (χ2v) is 11.8. The molecule has 4 aromatic carbocycles. The van der Waals surface area contributed by atoms with Gasteiger partial charge in [-0.1, -0.05) is 81.7 Å². The lowest BCUT2D eigenvalue weighted by molar-refractivity contribution is -0.385. The summed E-state index contributed by atoms with van der Waals surface area (Å²) in [5.74, 6) is -2.69. The normalized spacial score (nSPS) is 11.7. The molecule has 0 bridgehead atoms. The number of alkyl halides is 6. The summed E-state index contributed by atoms with van der Waals surface area (Å²) in [6.45, 7) is 0. The van der Waals surface area contributed by atoms with Crippen molar-refractivity contribution in [2.24, 2.45) is 0 Å². The monoisotopic (exact) mass is 840 g/mol. The zero-order valence-corrected chi connectivity index (χ0v) is 29.9. The van der Waals surface area contributed by atoms with Crippen LogP contribution >= 0.6 is 12.2 Å². The fourth-order valence-electron chi connectivity index (χ4n) is 4.98. The number of ether oxygens (including phenoxy) is 2. The van der Waals surface area contributed by atoms with E-state index in [4.69, 9.17) is 12.2 Å². The predicted molar refractivity (Wildman–Crippen MR) is 204 cm³/mol. The van der Waals surface area contributed by atoms with Gasteiger partial charge >= 0.3 is 24.3 Å². The summed E-state index contributed by atoms with van der Waals surface area (Å²) in [6.07, 6.45) is -9.46. The molecule has 0 saturated carbocycles. The molecule has 1 amide bonds. The number of nitrogens with one attached hydrogen (secondary N) is 2. The number of nitrogens with zero attached hydrogens (tertiary/aromatic N) is 2. The number of hydrogen-bond acceptors (Lipinski definition) is 10. The molecule has 13 nitrogen and oxygen atoms in total. The topological polar surface area (TPSA) is 180 Å². The van der Waals surface area contributed by atoms with Crippen LogP contribution in [0.3, 0.4) is 0 Å². The Labute approximate surface area is 333 Å². The van der Waals surface area contributed by atoms with E-state index in [2.05, 4.69) is 20.1 Å². The number of rotatable bonds is 12. The van der Waals surface area contributed by atoms with Gasteiger partial charge in [-0.25, -0.2) is 9.59 Å². The van der Waals surface area contributed by atoms with E-state index in [9.17, 15) is 61.0 Å². The van der Waals surface area contributed by atoms with E-state index in [-0.39, 0.29) is 49.6 Å². The lowest BCUT2D eigenvalue weighted by Crippen LogP contribution is -2.43. The smallest absolute Gasteiger partial charge is 0.417 e. The number of halogens is 6. The molecule has 58 heavy (non-hydrogen) atoms. The van der Waals surface area contributed by atoms with E-state index in [1.807, 2.05) is 0 Å². The zero-order valence-electron chi connectivity index (χ0n) is 29.1. The van der Waals surface area contributed by atoms with Crippen LogP contribution in [-0.2, 0) is 44.3 Å². The number of nitro benzene ring substituents is 2. The Morgan fingerprint density at radius 3 is 1.33 bits per heavy atom. The fourth-order valence-corrected chi connectivity index (χ4v) is 5.30. The largest absolute Gasteiger partial charge is 0.467 e. The number of carbonyl (C=O) groups is 3. The van der Waals surface area contributed by atoms with Crippen molar-refractivity contribution in [2.45, 2.75) is 52.1 Å². The maximum Gasteiger partial charge on any atom is 0.417 e. The molecular weight excluding hydrogens is 802 g/mol. The number of hydrogen-bond donors (Lipinski definition) is 2. The van der Waals surface area contributed by atoms with Crippen LogP contribution in [0.15, 0.2) is 97.1 Å². The van der Waals surface area contributed by atoms with Gasteiger partial charge in [0, 0.05) is 42.7 Å². The van der Waals surface area contributed by atoms with Gasteiger partial charge < -0.3 is 20.1 Å². The molecule has 0 aliphatic rings. The van der Waals surface area contributed by atoms with Gasteiger partial charge in [0.2, 0.25) is 0 Å². The second kappa shape index (κ2) is 21.8. The third kappa shape index (κ3) is 13.9. The molecule has 2 atom stereocenters. The van der Waals surface area contributed by atoms with Crippen molar-refractivity contribution in [3.05, 3.63) is 151 Å². The van der Waals surface area contributed by atoms with Gasteiger partial charge in [-0.15, -0.1) is 0 Å². The van der Waals surface area contributed by atoms with Crippen molar-refractivity contribution in [1.82, 2.24) is 10.6 Å². The van der Waals surface area contributed by atoms with E-state index in [1.54, 1.807) is 0 Å². The summed E-state index contributed by atoms with van der Waals surface area (Å²) in [5.41, 5.74) is -2.25. The lowest BCUT2D eigenvalue weighted by atomic mass is 10.0. The summed E-state index contributed by atoms with van der Waals surface area (Å²) in [7, 11) is 2.21. The quantitative estimate of drug-likeness (QED) is 0.0463. The standard InChI is InChI=1S/C18H15F3N2O5.C18H15F3N2O4S.2CH4/c1-28-17(25)15(10-11-6-8-12(9-7-11)23(26)27)22-16(24)13-4-2-3-5-14(13)18(19,20)21;1-27-17(24)15(10-11-6-8-12(9-7-11)23(25)26)22-16(28)13-4-2-3-5-14(13)18(19,20)21;;/h2-9,15H,10H2,1H3,(H,22,24);2-9,15H,10H2,1H3,(H,22,28);2*1H4. The number of nitro groups is 2. The molecule has 0 fully saturated rings. The summed E-state index contributed by atoms with van der Waals surface area (Å²) in [4.78, 5) is 56.4. The van der Waals surface area contributed by atoms with Crippen molar-refractivity contribution >= 4 is 46.4 Å². The van der Waals surface area contributed by atoms with Gasteiger partial charge in [-0.2, -0.15) is 26.3 Å².